The lowest BCUT2D eigenvalue weighted by molar-refractivity contribution is -0.137. The Morgan fingerprint density at radius 3 is 2.84 bits per heavy atom. The summed E-state index contributed by atoms with van der Waals surface area (Å²) < 4.78 is 41.4. The maximum absolute atomic E-state index is 13.8. The number of nitrogens with zero attached hydrogens (tertiary/aromatic N) is 5. The predicted octanol–water partition coefficient (Wildman–Crippen LogP) is 4.66. The quantitative estimate of drug-likeness (QED) is 0.602. The van der Waals surface area contributed by atoms with Crippen molar-refractivity contribution in [3.63, 3.8) is 0 Å². The molecule has 2 atom stereocenters. The van der Waals surface area contributed by atoms with Crippen LogP contribution in [0.4, 0.5) is 19.0 Å². The molecule has 172 valence electrons. The maximum Gasteiger partial charge on any atom is 0.418 e. The zero-order valence-corrected chi connectivity index (χ0v) is 17.7. The minimum Gasteiger partial charge on any atom is -0.387 e. The molecule has 0 amide bonds. The summed E-state index contributed by atoms with van der Waals surface area (Å²) in [4.78, 5) is 10.2. The van der Waals surface area contributed by atoms with E-state index in [9.17, 15) is 23.5 Å². The first-order chi connectivity index (χ1) is 15.1. The number of nitrogens with one attached hydrogen (secondary N) is 1. The largest absolute Gasteiger partial charge is 0.418 e. The Morgan fingerprint density at radius 1 is 1.38 bits per heavy atom. The van der Waals surface area contributed by atoms with E-state index in [2.05, 4.69) is 26.2 Å². The molecule has 2 N–H and O–H groups in total. The van der Waals surface area contributed by atoms with Crippen LogP contribution in [0.15, 0.2) is 30.5 Å². The Balaban J connectivity index is 0.00000204. The van der Waals surface area contributed by atoms with Crippen LogP contribution in [0.25, 0.3) is 22.4 Å². The van der Waals surface area contributed by atoms with Crippen LogP contribution in [-0.2, 0) is 6.18 Å². The summed E-state index contributed by atoms with van der Waals surface area (Å²) in [6.45, 7) is 4.43. The molecule has 0 spiro atoms. The van der Waals surface area contributed by atoms with Crippen LogP contribution in [0.5, 0.6) is 0 Å². The summed E-state index contributed by atoms with van der Waals surface area (Å²) >= 11 is 0. The van der Waals surface area contributed by atoms with Gasteiger partial charge < -0.3 is 10.0 Å². The van der Waals surface area contributed by atoms with Crippen LogP contribution in [-0.4, -0.2) is 44.0 Å². The van der Waals surface area contributed by atoms with Gasteiger partial charge >= 0.3 is 6.18 Å². The number of piperidine rings is 1. The van der Waals surface area contributed by atoms with E-state index in [0.29, 0.717) is 36.2 Å². The molecule has 4 heterocycles. The standard InChI is InChI=1S/C22H23F3N6O.2H2/c1-13(2)10-21(32)12-31(9-7-14(21)11-26)17-6-5-16(22(23,24)25)19(28-17)18-15-4-3-8-27-20(15)30-29-18;;/h3-6,8,13-14,32H,7,9-10,12H2,1-2H3,(H,27,29,30);2*1H. The average molecular weight is 448 g/mol. The number of β-amino-alcohol motifs (C(OH)–C–C–N with tert-alkyl or cyclic N) is 1. The molecule has 32 heavy (non-hydrogen) atoms. The average Bonchev–Trinajstić information content (AvgIpc) is 3.16. The Kier molecular flexibility index (Phi) is 5.54. The van der Waals surface area contributed by atoms with Gasteiger partial charge in [-0.05, 0) is 43.0 Å². The summed E-state index contributed by atoms with van der Waals surface area (Å²) in [5.41, 5.74) is -2.01. The van der Waals surface area contributed by atoms with Crippen molar-refractivity contribution in [3.8, 4) is 17.5 Å². The number of rotatable bonds is 4. The lowest BCUT2D eigenvalue weighted by atomic mass is 9.77. The molecular weight excluding hydrogens is 421 g/mol. The second kappa shape index (κ2) is 8.06. The maximum atomic E-state index is 13.8. The second-order valence-corrected chi connectivity index (χ2v) is 8.63. The number of nitriles is 1. The van der Waals surface area contributed by atoms with Gasteiger partial charge in [0.05, 0.1) is 28.8 Å². The van der Waals surface area contributed by atoms with Gasteiger partial charge in [0, 0.05) is 27.5 Å². The third-order valence-electron chi connectivity index (χ3n) is 5.79. The van der Waals surface area contributed by atoms with E-state index in [1.807, 2.05) is 13.8 Å². The number of aliphatic hydroxyl groups is 1. The second-order valence-electron chi connectivity index (χ2n) is 8.63. The first-order valence-electron chi connectivity index (χ1n) is 10.4. The van der Waals surface area contributed by atoms with Gasteiger partial charge in [0.2, 0.25) is 0 Å². The van der Waals surface area contributed by atoms with Gasteiger partial charge in [-0.3, -0.25) is 5.10 Å². The molecule has 7 nitrogen and oxygen atoms in total. The van der Waals surface area contributed by atoms with Crippen molar-refractivity contribution in [1.29, 1.82) is 5.26 Å². The predicted molar refractivity (Wildman–Crippen MR) is 117 cm³/mol. The number of hydrogen-bond acceptors (Lipinski definition) is 6. The number of fused-ring (bicyclic) bond motifs is 1. The smallest absolute Gasteiger partial charge is 0.387 e. The Hall–Kier alpha value is -3.19. The van der Waals surface area contributed by atoms with Crippen LogP contribution in [0.2, 0.25) is 0 Å². The molecule has 3 aromatic heterocycles. The number of alkyl halides is 3. The van der Waals surface area contributed by atoms with Crippen molar-refractivity contribution in [2.45, 2.75) is 38.5 Å². The number of aromatic nitrogens is 4. The van der Waals surface area contributed by atoms with Crippen molar-refractivity contribution in [1.82, 2.24) is 20.2 Å². The van der Waals surface area contributed by atoms with E-state index in [1.165, 1.54) is 12.3 Å². The third-order valence-corrected chi connectivity index (χ3v) is 5.79. The topological polar surface area (TPSA) is 102 Å². The van der Waals surface area contributed by atoms with Gasteiger partial charge in [0.1, 0.15) is 11.5 Å². The zero-order chi connectivity index (χ0) is 23.1. The van der Waals surface area contributed by atoms with Crippen LogP contribution in [0, 0.1) is 23.2 Å². The number of hydrogen-bond donors (Lipinski definition) is 2. The van der Waals surface area contributed by atoms with Gasteiger partial charge in [0.15, 0.2) is 5.65 Å². The van der Waals surface area contributed by atoms with Gasteiger partial charge in [-0.25, -0.2) is 9.97 Å². The van der Waals surface area contributed by atoms with Crippen molar-refractivity contribution in [2.24, 2.45) is 11.8 Å². The minimum atomic E-state index is -4.62. The number of H-pyrrole nitrogens is 1. The van der Waals surface area contributed by atoms with Gasteiger partial charge in [-0.1, -0.05) is 13.8 Å². The van der Waals surface area contributed by atoms with E-state index in [1.54, 1.807) is 17.0 Å². The molecule has 0 saturated carbocycles. The first kappa shape index (κ1) is 22.0. The summed E-state index contributed by atoms with van der Waals surface area (Å²) in [5, 5.41) is 27.8. The van der Waals surface area contributed by atoms with Gasteiger partial charge in [-0.2, -0.15) is 23.5 Å². The normalized spacial score (nSPS) is 21.8. The summed E-state index contributed by atoms with van der Waals surface area (Å²) in [5.74, 6) is -0.0910. The van der Waals surface area contributed by atoms with Gasteiger partial charge in [-0.15, -0.1) is 0 Å². The summed E-state index contributed by atoms with van der Waals surface area (Å²) in [6.07, 6.45) is -2.30. The van der Waals surface area contributed by atoms with Gasteiger partial charge in [0.25, 0.3) is 0 Å². The highest BCUT2D eigenvalue weighted by atomic mass is 19.4. The zero-order valence-electron chi connectivity index (χ0n) is 17.7. The molecule has 0 radical (unpaired) electrons. The number of halogens is 3. The van der Waals surface area contributed by atoms with E-state index >= 15 is 0 Å². The fourth-order valence-electron chi connectivity index (χ4n) is 4.44. The molecule has 10 heteroatoms. The molecule has 1 fully saturated rings. The lowest BCUT2D eigenvalue weighted by Crippen LogP contribution is -2.54. The van der Waals surface area contributed by atoms with E-state index < -0.39 is 23.3 Å². The van der Waals surface area contributed by atoms with Crippen LogP contribution in [0.3, 0.4) is 0 Å². The highest BCUT2D eigenvalue weighted by Crippen LogP contribution is 2.40. The molecule has 0 aliphatic carbocycles. The molecule has 2 unspecified atom stereocenters. The SMILES string of the molecule is CC(C)CC1(O)CN(c2ccc(C(F)(F)F)c(-c3[nH]nc4ncccc34)n2)CCC1C#N.[HH].[HH]. The van der Waals surface area contributed by atoms with Crippen LogP contribution < -0.4 is 4.90 Å². The van der Waals surface area contributed by atoms with E-state index in [-0.39, 0.29) is 26.7 Å². The highest BCUT2D eigenvalue weighted by Gasteiger charge is 2.43. The molecule has 0 aromatic carbocycles. The molecule has 0 bridgehead atoms. The summed E-state index contributed by atoms with van der Waals surface area (Å²) in [7, 11) is 0. The summed E-state index contributed by atoms with van der Waals surface area (Å²) in [6, 6.07) is 7.76. The first-order valence-corrected chi connectivity index (χ1v) is 10.4. The molecule has 1 aliphatic heterocycles. The Labute approximate surface area is 185 Å². The minimum absolute atomic E-state index is 0. The van der Waals surface area contributed by atoms with Crippen LogP contribution in [0.1, 0.15) is 35.1 Å². The fourth-order valence-corrected chi connectivity index (χ4v) is 4.44. The molecule has 4 rings (SSSR count). The highest BCUT2D eigenvalue weighted by molar-refractivity contribution is 5.90. The molecule has 3 aromatic rings. The van der Waals surface area contributed by atoms with Crippen molar-refractivity contribution in [2.75, 3.05) is 18.0 Å². The molecule has 1 saturated heterocycles. The number of anilines is 1. The number of pyridine rings is 2. The van der Waals surface area contributed by atoms with E-state index in [0.717, 1.165) is 6.07 Å². The van der Waals surface area contributed by atoms with E-state index in [4.69, 9.17) is 0 Å². The lowest BCUT2D eigenvalue weighted by Gasteiger charge is -2.43. The monoisotopic (exact) mass is 448 g/mol. The molecular formula is C22H27F3N6O. The van der Waals surface area contributed by atoms with Crippen molar-refractivity contribution in [3.05, 3.63) is 36.0 Å². The fraction of sp³-hybridized carbons (Fsp3) is 0.455. The Bertz CT molecular complexity index is 1180. The van der Waals surface area contributed by atoms with Crippen LogP contribution >= 0.6 is 0 Å². The van der Waals surface area contributed by atoms with Crippen molar-refractivity contribution >= 4 is 16.9 Å². The molecule has 1 aliphatic rings. The Morgan fingerprint density at radius 2 is 2.16 bits per heavy atom. The number of aromatic amines is 1. The third kappa shape index (κ3) is 4.00. The van der Waals surface area contributed by atoms with Crippen molar-refractivity contribution < 1.29 is 21.1 Å².